The number of alkyl halides is 3. The summed E-state index contributed by atoms with van der Waals surface area (Å²) in [5, 5.41) is 16.2. The van der Waals surface area contributed by atoms with E-state index in [1.807, 2.05) is 4.90 Å². The fourth-order valence-corrected chi connectivity index (χ4v) is 1.29. The van der Waals surface area contributed by atoms with Crippen molar-refractivity contribution in [3.63, 3.8) is 0 Å². The van der Waals surface area contributed by atoms with Crippen molar-refractivity contribution in [1.29, 1.82) is 0 Å². The number of carbonyl (C=O) groups is 1. The second-order valence-electron chi connectivity index (χ2n) is 3.56. The molecule has 0 spiro atoms. The summed E-state index contributed by atoms with van der Waals surface area (Å²) in [7, 11) is 0. The normalized spacial score (nSPS) is 15.3. The van der Waals surface area contributed by atoms with Crippen molar-refractivity contribution < 1.29 is 28.2 Å². The van der Waals surface area contributed by atoms with E-state index in [2.05, 4.69) is 25.9 Å². The van der Waals surface area contributed by atoms with Gasteiger partial charge in [0.25, 0.3) is 0 Å². The van der Waals surface area contributed by atoms with E-state index < -0.39 is 12.1 Å². The van der Waals surface area contributed by atoms with Crippen LogP contribution >= 0.6 is 15.9 Å². The van der Waals surface area contributed by atoms with Crippen molar-refractivity contribution in [1.82, 2.24) is 9.97 Å². The van der Waals surface area contributed by atoms with Crippen molar-refractivity contribution in [3.05, 3.63) is 16.9 Å². The molecule has 1 saturated heterocycles. The Kier molecular flexibility index (Phi) is 5.06. The number of hydrogen-bond donors (Lipinski definition) is 2. The highest BCUT2D eigenvalue weighted by atomic mass is 79.9. The van der Waals surface area contributed by atoms with E-state index in [1.165, 1.54) is 0 Å². The van der Waals surface area contributed by atoms with Crippen LogP contribution in [0.1, 0.15) is 0 Å². The van der Waals surface area contributed by atoms with Crippen molar-refractivity contribution in [2.24, 2.45) is 0 Å². The van der Waals surface area contributed by atoms with Gasteiger partial charge in [-0.25, -0.2) is 14.8 Å². The molecule has 1 aromatic heterocycles. The van der Waals surface area contributed by atoms with E-state index in [1.54, 1.807) is 12.4 Å². The lowest BCUT2D eigenvalue weighted by molar-refractivity contribution is -0.192. The van der Waals surface area contributed by atoms with Gasteiger partial charge in [0.05, 0.1) is 10.6 Å². The molecule has 2 rings (SSSR count). The van der Waals surface area contributed by atoms with Crippen molar-refractivity contribution in [2.45, 2.75) is 12.3 Å². The van der Waals surface area contributed by atoms with Crippen LogP contribution in [-0.4, -0.2) is 51.5 Å². The lowest BCUT2D eigenvalue weighted by Crippen LogP contribution is -2.51. The van der Waals surface area contributed by atoms with E-state index in [0.717, 1.165) is 4.47 Å². The second-order valence-corrected chi connectivity index (χ2v) is 4.48. The minimum absolute atomic E-state index is 0.211. The number of aliphatic carboxylic acids is 1. The molecule has 2 heterocycles. The summed E-state index contributed by atoms with van der Waals surface area (Å²) in [5.41, 5.74) is 0. The number of anilines is 1. The summed E-state index contributed by atoms with van der Waals surface area (Å²) in [5.74, 6) is -2.07. The quantitative estimate of drug-likeness (QED) is 0.792. The van der Waals surface area contributed by atoms with Crippen molar-refractivity contribution in [2.75, 3.05) is 18.0 Å². The Hall–Kier alpha value is -1.42. The highest BCUT2D eigenvalue weighted by molar-refractivity contribution is 9.10. The molecular formula is C9H9BrF3N3O3. The second kappa shape index (κ2) is 6.15. The molecule has 1 aliphatic heterocycles. The van der Waals surface area contributed by atoms with E-state index in [9.17, 15) is 13.2 Å². The molecular weight excluding hydrogens is 335 g/mol. The summed E-state index contributed by atoms with van der Waals surface area (Å²) in [6.07, 6.45) is -1.89. The van der Waals surface area contributed by atoms with Crippen LogP contribution in [-0.2, 0) is 4.79 Å². The van der Waals surface area contributed by atoms with Gasteiger partial charge in [-0.05, 0) is 15.9 Å². The van der Waals surface area contributed by atoms with Gasteiger partial charge in [-0.15, -0.1) is 0 Å². The number of hydrogen-bond acceptors (Lipinski definition) is 5. The number of aliphatic hydroxyl groups excluding tert-OH is 1. The van der Waals surface area contributed by atoms with Crippen LogP contribution in [0.3, 0.4) is 0 Å². The summed E-state index contributed by atoms with van der Waals surface area (Å²) >= 11 is 3.25. The number of carboxylic acid groups (broad SMARTS) is 1. The van der Waals surface area contributed by atoms with Gasteiger partial charge in [-0.2, -0.15) is 13.2 Å². The third-order valence-electron chi connectivity index (χ3n) is 1.99. The number of carboxylic acids is 1. The predicted octanol–water partition coefficient (Wildman–Crippen LogP) is 1.05. The molecule has 0 amide bonds. The summed E-state index contributed by atoms with van der Waals surface area (Å²) in [6.45, 7) is 1.28. The number of β-amino-alcohol motifs (C(OH)–C–C–N with tert-alkyl or cyclic N) is 1. The summed E-state index contributed by atoms with van der Waals surface area (Å²) in [6, 6.07) is 0. The van der Waals surface area contributed by atoms with Gasteiger partial charge in [-0.1, -0.05) is 0 Å². The molecule has 0 unspecified atom stereocenters. The Bertz CT molecular complexity index is 435. The van der Waals surface area contributed by atoms with Gasteiger partial charge in [0, 0.05) is 25.5 Å². The monoisotopic (exact) mass is 343 g/mol. The first-order chi connectivity index (χ1) is 8.70. The van der Waals surface area contributed by atoms with E-state index in [4.69, 9.17) is 15.0 Å². The Balaban J connectivity index is 0.000000224. The molecule has 0 radical (unpaired) electrons. The molecule has 0 aromatic carbocycles. The van der Waals surface area contributed by atoms with E-state index >= 15 is 0 Å². The average Bonchev–Trinajstić information content (AvgIpc) is 2.26. The number of aliphatic hydroxyl groups is 1. The predicted molar refractivity (Wildman–Crippen MR) is 61.6 cm³/mol. The van der Waals surface area contributed by atoms with Gasteiger partial charge in [-0.3, -0.25) is 0 Å². The van der Waals surface area contributed by atoms with Crippen LogP contribution in [0.5, 0.6) is 0 Å². The maximum Gasteiger partial charge on any atom is 0.490 e. The topological polar surface area (TPSA) is 86.5 Å². The van der Waals surface area contributed by atoms with Gasteiger partial charge in [0.15, 0.2) is 0 Å². The lowest BCUT2D eigenvalue weighted by atomic mass is 10.2. The molecule has 10 heteroatoms. The highest BCUT2D eigenvalue weighted by Gasteiger charge is 2.38. The third kappa shape index (κ3) is 4.99. The van der Waals surface area contributed by atoms with Gasteiger partial charge in [0.2, 0.25) is 5.95 Å². The highest BCUT2D eigenvalue weighted by Crippen LogP contribution is 2.16. The molecule has 106 valence electrons. The number of halogens is 4. The first-order valence-corrected chi connectivity index (χ1v) is 5.70. The first kappa shape index (κ1) is 15.6. The molecule has 1 aliphatic rings. The standard InChI is InChI=1S/C7H8BrN3O.C2HF3O2/c8-5-1-9-7(10-2-5)11-3-6(12)4-11;3-2(4,5)1(6)7/h1-2,6,12H,3-4H2;(H,6,7). The van der Waals surface area contributed by atoms with E-state index in [0.29, 0.717) is 19.0 Å². The molecule has 19 heavy (non-hydrogen) atoms. The van der Waals surface area contributed by atoms with Crippen molar-refractivity contribution >= 4 is 27.8 Å². The molecule has 0 bridgehead atoms. The third-order valence-corrected chi connectivity index (χ3v) is 2.40. The first-order valence-electron chi connectivity index (χ1n) is 4.91. The van der Waals surface area contributed by atoms with Crippen LogP contribution in [0.2, 0.25) is 0 Å². The maximum atomic E-state index is 10.6. The Morgan fingerprint density at radius 3 is 2.11 bits per heavy atom. The molecule has 1 aromatic rings. The fraction of sp³-hybridized carbons (Fsp3) is 0.444. The van der Waals surface area contributed by atoms with Crippen LogP contribution in [0.15, 0.2) is 16.9 Å². The van der Waals surface area contributed by atoms with Crippen LogP contribution < -0.4 is 4.90 Å². The van der Waals surface area contributed by atoms with Crippen LogP contribution in [0.25, 0.3) is 0 Å². The number of rotatable bonds is 1. The zero-order valence-corrected chi connectivity index (χ0v) is 10.9. The van der Waals surface area contributed by atoms with Gasteiger partial charge in [0.1, 0.15) is 0 Å². The molecule has 0 saturated carbocycles. The fourth-order valence-electron chi connectivity index (χ4n) is 1.09. The zero-order chi connectivity index (χ0) is 14.6. The molecule has 1 fully saturated rings. The Labute approximate surface area is 114 Å². The number of nitrogens with zero attached hydrogens (tertiary/aromatic N) is 3. The molecule has 2 N–H and O–H groups in total. The van der Waals surface area contributed by atoms with Crippen LogP contribution in [0.4, 0.5) is 19.1 Å². The summed E-state index contributed by atoms with van der Waals surface area (Å²) in [4.78, 5) is 19.0. The minimum atomic E-state index is -5.08. The number of aromatic nitrogens is 2. The molecule has 0 aliphatic carbocycles. The van der Waals surface area contributed by atoms with Crippen molar-refractivity contribution in [3.8, 4) is 0 Å². The molecule has 6 nitrogen and oxygen atoms in total. The maximum absolute atomic E-state index is 10.6. The molecule has 0 atom stereocenters. The minimum Gasteiger partial charge on any atom is -0.475 e. The summed E-state index contributed by atoms with van der Waals surface area (Å²) < 4.78 is 32.6. The lowest BCUT2D eigenvalue weighted by Gasteiger charge is -2.35. The SMILES string of the molecule is O=C(O)C(F)(F)F.OC1CN(c2ncc(Br)cn2)C1. The average molecular weight is 344 g/mol. The van der Waals surface area contributed by atoms with E-state index in [-0.39, 0.29) is 6.10 Å². The largest absolute Gasteiger partial charge is 0.490 e. The van der Waals surface area contributed by atoms with Crippen LogP contribution in [0, 0.1) is 0 Å². The smallest absolute Gasteiger partial charge is 0.475 e. The Morgan fingerprint density at radius 1 is 1.37 bits per heavy atom. The van der Waals surface area contributed by atoms with Gasteiger partial charge < -0.3 is 15.1 Å². The van der Waals surface area contributed by atoms with Gasteiger partial charge >= 0.3 is 12.1 Å². The Morgan fingerprint density at radius 2 is 1.79 bits per heavy atom. The zero-order valence-electron chi connectivity index (χ0n) is 9.30.